The third kappa shape index (κ3) is 36.5. The molecule has 0 radical (unpaired) electrons. The molecule has 0 bridgehead atoms. The fraction of sp³-hybridized carbons (Fsp3) is 0.507. The van der Waals surface area contributed by atoms with Crippen molar-refractivity contribution in [1.82, 2.24) is 66.0 Å². The number of nitrogens with zero attached hydrogens (tertiary/aromatic N) is 8. The van der Waals surface area contributed by atoms with E-state index in [0.29, 0.717) is 132 Å². The van der Waals surface area contributed by atoms with Crippen LogP contribution < -0.4 is 42.5 Å². The maximum absolute atomic E-state index is 14.1. The molecule has 38 nitrogen and oxygen atoms in total. The lowest BCUT2D eigenvalue weighted by Gasteiger charge is -2.33. The highest BCUT2D eigenvalue weighted by molar-refractivity contribution is 7.80. The number of rotatable bonds is 37. The summed E-state index contributed by atoms with van der Waals surface area (Å²) in [6.45, 7) is 6.60. The number of aromatic nitrogens is 2. The molecule has 4 heterocycles. The van der Waals surface area contributed by atoms with Crippen LogP contribution in [-0.4, -0.2) is 344 Å². The number of benzene rings is 2. The Kier molecular flexibility index (Phi) is 40.2. The summed E-state index contributed by atoms with van der Waals surface area (Å²) in [5.74, 6) is -10.3. The summed E-state index contributed by atoms with van der Waals surface area (Å²) in [6.07, 6.45) is 0.0565. The minimum Gasteiger partial charge on any atom is -0.481 e. The number of Topliss-reactive ketones (excluding diaryl/α,β-unsaturated/α-hetero) is 1. The molecule has 4 aromatic rings. The Morgan fingerprint density at radius 1 is 0.482 bits per heavy atom. The zero-order valence-electron chi connectivity index (χ0n) is 61.7. The van der Waals surface area contributed by atoms with Gasteiger partial charge in [0.1, 0.15) is 17.8 Å². The fourth-order valence-electron chi connectivity index (χ4n) is 11.7. The van der Waals surface area contributed by atoms with Crippen molar-refractivity contribution >= 4 is 129 Å². The molecule has 2 amide bonds. The van der Waals surface area contributed by atoms with E-state index in [4.69, 9.17) is 60.7 Å². The van der Waals surface area contributed by atoms with Gasteiger partial charge in [-0.1, -0.05) is 18.2 Å². The van der Waals surface area contributed by atoms with Gasteiger partial charge in [-0.2, -0.15) is 0 Å². The molecule has 41 heteroatoms. The molecule has 2 aliphatic rings. The smallest absolute Gasteiger partial charge is 0.354 e. The SMILES string of the molecule is O=C(O)CC(NC(=O)NC(CCCCNC(=S)Nc1ccc(C(=O)CN(CCNC(=S)Nc2ccc(CC3CN(CC(=O)O)CCN(CC(=O)O)CCN3CC(=O)O)cc2)CCNC(=S)Nc2cc(CN3CCOCCOCCN(Cc4cccc(C(=O)O)n4)CCOCCOCC3)nc(C(=O)O)c2)cc1)C(=O)O)C(=O)O. The second-order valence-electron chi connectivity index (χ2n) is 26.0. The van der Waals surface area contributed by atoms with Crippen LogP contribution in [0.15, 0.2) is 78.9 Å². The molecule has 2 aromatic carbocycles. The maximum atomic E-state index is 14.1. The number of hydrogen-bond donors (Lipinski definition) is 16. The van der Waals surface area contributed by atoms with Gasteiger partial charge in [-0.3, -0.25) is 53.4 Å². The van der Waals surface area contributed by atoms with E-state index in [1.807, 2.05) is 27.2 Å². The highest BCUT2D eigenvalue weighted by atomic mass is 32.1. The molecule has 0 saturated carbocycles. The van der Waals surface area contributed by atoms with Crippen molar-refractivity contribution in [1.29, 1.82) is 0 Å². The van der Waals surface area contributed by atoms with Gasteiger partial charge in [0.15, 0.2) is 26.8 Å². The molecule has 0 aliphatic carbocycles. The lowest BCUT2D eigenvalue weighted by atomic mass is 10.0. The highest BCUT2D eigenvalue weighted by Gasteiger charge is 2.30. The average molecular weight is 1620 g/mol. The number of ether oxygens (including phenoxy) is 4. The van der Waals surface area contributed by atoms with E-state index < -0.39 is 78.3 Å². The normalized spacial score (nSPS) is 16.3. The van der Waals surface area contributed by atoms with Crippen LogP contribution in [-0.2, 0) is 67.2 Å². The van der Waals surface area contributed by atoms with Gasteiger partial charge < -0.3 is 102 Å². The predicted molar refractivity (Wildman–Crippen MR) is 418 cm³/mol. The van der Waals surface area contributed by atoms with Crippen molar-refractivity contribution in [2.24, 2.45) is 0 Å². The van der Waals surface area contributed by atoms with Crippen LogP contribution in [0.2, 0.25) is 0 Å². The minimum absolute atomic E-state index is 0.0389. The van der Waals surface area contributed by atoms with E-state index in [1.165, 1.54) is 12.1 Å². The van der Waals surface area contributed by atoms with Crippen LogP contribution in [0.25, 0.3) is 0 Å². The number of nitrogens with one attached hydrogen (secondary N) is 8. The van der Waals surface area contributed by atoms with Crippen LogP contribution in [0.4, 0.5) is 21.9 Å². The number of anilines is 3. The second-order valence-corrected chi connectivity index (χ2v) is 27.2. The van der Waals surface area contributed by atoms with E-state index >= 15 is 0 Å². The zero-order chi connectivity index (χ0) is 81.3. The number of carbonyl (C=O) groups excluding carboxylic acids is 2. The van der Waals surface area contributed by atoms with E-state index in [2.05, 4.69) is 52.1 Å². The highest BCUT2D eigenvalue weighted by Crippen LogP contribution is 2.19. The first-order valence-corrected chi connectivity index (χ1v) is 37.2. The van der Waals surface area contributed by atoms with Crippen molar-refractivity contribution in [2.75, 3.05) is 187 Å². The van der Waals surface area contributed by atoms with Gasteiger partial charge >= 0.3 is 53.8 Å². The van der Waals surface area contributed by atoms with Gasteiger partial charge in [-0.15, -0.1) is 0 Å². The van der Waals surface area contributed by atoms with Crippen LogP contribution in [0.5, 0.6) is 0 Å². The van der Waals surface area contributed by atoms with E-state index in [-0.39, 0.29) is 144 Å². The van der Waals surface area contributed by atoms with Crippen molar-refractivity contribution in [3.05, 3.63) is 113 Å². The largest absolute Gasteiger partial charge is 0.481 e. The first kappa shape index (κ1) is 91.0. The van der Waals surface area contributed by atoms with Gasteiger partial charge in [0.25, 0.3) is 0 Å². The number of aliphatic carboxylic acids is 6. The number of amides is 2. The number of carboxylic acid groups (broad SMARTS) is 8. The Labute approximate surface area is 661 Å². The minimum atomic E-state index is -1.78. The first-order valence-electron chi connectivity index (χ1n) is 36.0. The standard InChI is InChI=1S/C71H98N16O22S3/c88-59(48-9-13-50(14-10-48)78-69(110)72-15-2-1-5-56(65(99)100)80-68(105)81-58(67(103)104)39-60(89)90)43-82(18-16-73-70(111)77-49-11-7-47(8-12-49)36-54-42-86(45-62(93)94)21-20-83(44-61(91)92)22-23-87(54)46-63(95)96)19-17-74-71(112)79-52-37-53(76-57(38-52)66(101)102)41-85-26-30-108-34-32-106-28-24-84(25-29-107-33-35-109-31-27-85)40-51-4-3-6-55(75-51)64(97)98/h3-4,6-14,37-38,54,56,58H,1-2,5,15-36,39-46H2,(H,89,90)(H,91,92)(H,93,94)(H,95,96)(H,97,98)(H,99,100)(H,101,102)(H,103,104)(H2,72,78,110)(H2,73,77,111)(H2,80,81,105)(H2,74,76,79,112). The lowest BCUT2D eigenvalue weighted by Crippen LogP contribution is -2.51. The topological polar surface area (TPSA) is 511 Å². The third-order valence-electron chi connectivity index (χ3n) is 17.3. The number of urea groups is 1. The van der Waals surface area contributed by atoms with Crippen LogP contribution in [0, 0.1) is 0 Å². The Bertz CT molecular complexity index is 3780. The summed E-state index contributed by atoms with van der Waals surface area (Å²) in [7, 11) is 0. The van der Waals surface area contributed by atoms with Gasteiger partial charge in [0.2, 0.25) is 0 Å². The van der Waals surface area contributed by atoms with Crippen molar-refractivity contribution in [3.63, 3.8) is 0 Å². The maximum Gasteiger partial charge on any atom is 0.354 e. The summed E-state index contributed by atoms with van der Waals surface area (Å²) in [4.78, 5) is 140. The number of ketones is 1. The first-order chi connectivity index (χ1) is 53.6. The van der Waals surface area contributed by atoms with Crippen LogP contribution >= 0.6 is 36.7 Å². The monoisotopic (exact) mass is 1620 g/mol. The summed E-state index contributed by atoms with van der Waals surface area (Å²) in [5.41, 5.74) is 3.41. The number of aromatic carboxylic acids is 2. The summed E-state index contributed by atoms with van der Waals surface area (Å²) < 4.78 is 23.6. The molecule has 3 atom stereocenters. The number of thiocarbonyl (C=S) groups is 3. The molecule has 112 heavy (non-hydrogen) atoms. The van der Waals surface area contributed by atoms with Crippen LogP contribution in [0.1, 0.15) is 74.0 Å². The molecule has 3 unspecified atom stereocenters. The molecule has 2 fully saturated rings. The molecule has 2 aliphatic heterocycles. The number of unbranched alkanes of at least 4 members (excludes halogenated alkanes) is 1. The Balaban J connectivity index is 1.06. The second kappa shape index (κ2) is 49.5. The summed E-state index contributed by atoms with van der Waals surface area (Å²) >= 11 is 16.9. The van der Waals surface area contributed by atoms with E-state index in [1.54, 1.807) is 69.3 Å². The Hall–Kier alpha value is -9.89. The quantitative estimate of drug-likeness (QED) is 0.0170. The number of carboxylic acids is 8. The van der Waals surface area contributed by atoms with Gasteiger partial charge in [-0.05, 0) is 129 Å². The Morgan fingerprint density at radius 2 is 0.964 bits per heavy atom. The van der Waals surface area contributed by atoms with Crippen molar-refractivity contribution in [2.45, 2.75) is 63.3 Å². The molecule has 16 N–H and O–H groups in total. The molecule has 2 aromatic heterocycles. The summed E-state index contributed by atoms with van der Waals surface area (Å²) in [5, 5.41) is 99.9. The number of carbonyl (C=O) groups is 10. The average Bonchev–Trinajstić information content (AvgIpc) is 1.00. The number of hydrogen-bond acceptors (Lipinski definition) is 25. The lowest BCUT2D eigenvalue weighted by molar-refractivity contribution is -0.145. The zero-order valence-corrected chi connectivity index (χ0v) is 64.1. The fourth-order valence-corrected chi connectivity index (χ4v) is 12.4. The predicted octanol–water partition coefficient (Wildman–Crippen LogP) is 0.937. The van der Waals surface area contributed by atoms with Crippen LogP contribution in [0.3, 0.4) is 0 Å². The molecule has 2 saturated heterocycles. The molecular weight excluding hydrogens is 1530 g/mol. The molecule has 612 valence electrons. The van der Waals surface area contributed by atoms with Crippen molar-refractivity contribution in [3.8, 4) is 0 Å². The van der Waals surface area contributed by atoms with E-state index in [0.717, 1.165) is 5.56 Å². The van der Waals surface area contributed by atoms with Crippen molar-refractivity contribution < 1.29 is 108 Å². The summed E-state index contributed by atoms with van der Waals surface area (Å²) in [6, 6.07) is 16.9. The molecule has 0 spiro atoms. The van der Waals surface area contributed by atoms with Gasteiger partial charge in [0, 0.05) is 133 Å². The Morgan fingerprint density at radius 3 is 1.49 bits per heavy atom. The van der Waals surface area contributed by atoms with Gasteiger partial charge in [0.05, 0.1) is 96.8 Å². The molecular formula is C71H98N16O22S3. The van der Waals surface area contributed by atoms with Gasteiger partial charge in [-0.25, -0.2) is 33.9 Å². The number of pyridine rings is 2. The van der Waals surface area contributed by atoms with E-state index in [9.17, 15) is 83.7 Å². The third-order valence-corrected chi connectivity index (χ3v) is 18.1. The molecule has 6 rings (SSSR count).